The molecule has 1 aromatic heterocycles. The molecule has 0 bridgehead atoms. The van der Waals surface area contributed by atoms with Crippen molar-refractivity contribution in [2.75, 3.05) is 19.6 Å². The highest BCUT2D eigenvalue weighted by Crippen LogP contribution is 2.25. The monoisotopic (exact) mass is 298 g/mol. The summed E-state index contributed by atoms with van der Waals surface area (Å²) in [4.78, 5) is 2.57. The number of aromatic nitrogens is 2. The summed E-state index contributed by atoms with van der Waals surface area (Å²) in [6.07, 6.45) is 3.25. The molecule has 1 atom stereocenters. The van der Waals surface area contributed by atoms with E-state index < -0.39 is 0 Å². The second-order valence-electron chi connectivity index (χ2n) is 6.20. The van der Waals surface area contributed by atoms with Crippen LogP contribution in [0.5, 0.6) is 0 Å². The lowest BCUT2D eigenvalue weighted by atomic mass is 10.0. The second kappa shape index (κ2) is 6.63. The molecule has 4 heteroatoms. The number of aryl methyl sites for hydroxylation is 3. The lowest BCUT2D eigenvalue weighted by molar-refractivity contribution is 0.153. The smallest absolute Gasteiger partial charge is 0.0638 e. The molecule has 1 unspecified atom stereocenters. The van der Waals surface area contributed by atoms with Gasteiger partial charge in [0, 0.05) is 51.0 Å². The number of nitrogens with one attached hydrogen (secondary N) is 1. The van der Waals surface area contributed by atoms with Gasteiger partial charge in [0.1, 0.15) is 0 Å². The first-order valence-corrected chi connectivity index (χ1v) is 8.20. The average Bonchev–Trinajstić information content (AvgIpc) is 2.86. The summed E-state index contributed by atoms with van der Waals surface area (Å²) in [6.45, 7) is 8.43. The van der Waals surface area contributed by atoms with Crippen molar-refractivity contribution >= 4 is 0 Å². The molecule has 3 rings (SSSR count). The molecular weight excluding hydrogens is 272 g/mol. The molecule has 118 valence electrons. The molecule has 1 aliphatic rings. The fraction of sp³-hybridized carbons (Fsp3) is 0.500. The highest BCUT2D eigenvalue weighted by Gasteiger charge is 2.24. The van der Waals surface area contributed by atoms with Crippen LogP contribution >= 0.6 is 0 Å². The van der Waals surface area contributed by atoms with Crippen molar-refractivity contribution in [1.82, 2.24) is 20.0 Å². The van der Waals surface area contributed by atoms with Gasteiger partial charge in [-0.2, -0.15) is 5.10 Å². The van der Waals surface area contributed by atoms with Crippen LogP contribution in [0.3, 0.4) is 0 Å². The van der Waals surface area contributed by atoms with E-state index >= 15 is 0 Å². The zero-order valence-electron chi connectivity index (χ0n) is 13.8. The summed E-state index contributed by atoms with van der Waals surface area (Å²) in [5.74, 6) is 0. The Bertz CT molecular complexity index is 615. The van der Waals surface area contributed by atoms with Crippen LogP contribution in [0.1, 0.15) is 35.3 Å². The van der Waals surface area contributed by atoms with Crippen molar-refractivity contribution in [1.29, 1.82) is 0 Å². The third kappa shape index (κ3) is 3.23. The van der Waals surface area contributed by atoms with Gasteiger partial charge in [-0.15, -0.1) is 0 Å². The van der Waals surface area contributed by atoms with E-state index in [-0.39, 0.29) is 0 Å². The van der Waals surface area contributed by atoms with Crippen LogP contribution < -0.4 is 5.32 Å². The average molecular weight is 298 g/mol. The van der Waals surface area contributed by atoms with Crippen molar-refractivity contribution in [3.63, 3.8) is 0 Å². The van der Waals surface area contributed by atoms with Gasteiger partial charge in [0.2, 0.25) is 0 Å². The zero-order chi connectivity index (χ0) is 15.5. The molecule has 1 N–H and O–H groups in total. The van der Waals surface area contributed by atoms with Gasteiger partial charge in [0.15, 0.2) is 0 Å². The predicted octanol–water partition coefficient (Wildman–Crippen LogP) is 2.44. The van der Waals surface area contributed by atoms with Gasteiger partial charge in [-0.1, -0.05) is 31.2 Å². The molecule has 0 radical (unpaired) electrons. The molecule has 0 saturated carbocycles. The third-order valence-electron chi connectivity index (χ3n) is 4.62. The molecule has 2 aromatic rings. The Morgan fingerprint density at radius 2 is 2.05 bits per heavy atom. The summed E-state index contributed by atoms with van der Waals surface area (Å²) in [7, 11) is 2.00. The maximum absolute atomic E-state index is 4.47. The minimum Gasteiger partial charge on any atom is -0.314 e. The van der Waals surface area contributed by atoms with Gasteiger partial charge >= 0.3 is 0 Å². The summed E-state index contributed by atoms with van der Waals surface area (Å²) in [5.41, 5.74) is 5.29. The van der Waals surface area contributed by atoms with E-state index in [1.54, 1.807) is 0 Å². The third-order valence-corrected chi connectivity index (χ3v) is 4.62. The van der Waals surface area contributed by atoms with Crippen LogP contribution in [0.2, 0.25) is 0 Å². The summed E-state index contributed by atoms with van der Waals surface area (Å²) >= 11 is 0. The number of nitrogens with zero attached hydrogens (tertiary/aromatic N) is 3. The Labute approximate surface area is 133 Å². The van der Waals surface area contributed by atoms with E-state index in [1.165, 1.54) is 16.7 Å². The maximum atomic E-state index is 4.47. The SMILES string of the molecule is CCc1ccc(C2CNCCN2Cc2cn(C)nc2C)cc1. The van der Waals surface area contributed by atoms with Crippen LogP contribution in [0, 0.1) is 6.92 Å². The second-order valence-corrected chi connectivity index (χ2v) is 6.20. The number of rotatable bonds is 4. The maximum Gasteiger partial charge on any atom is 0.0638 e. The largest absolute Gasteiger partial charge is 0.314 e. The standard InChI is InChI=1S/C18H26N4/c1-4-15-5-7-16(8-6-15)18-11-19-9-10-22(18)13-17-12-21(3)20-14(17)2/h5-8,12,18-19H,4,9-11,13H2,1-3H3. The normalized spacial score (nSPS) is 19.5. The van der Waals surface area contributed by atoms with E-state index in [9.17, 15) is 0 Å². The Kier molecular flexibility index (Phi) is 4.60. The molecule has 22 heavy (non-hydrogen) atoms. The molecule has 0 aliphatic carbocycles. The van der Waals surface area contributed by atoms with Gasteiger partial charge in [-0.3, -0.25) is 9.58 Å². The molecule has 1 fully saturated rings. The number of benzene rings is 1. The van der Waals surface area contributed by atoms with Crippen LogP contribution in [0.4, 0.5) is 0 Å². The quantitative estimate of drug-likeness (QED) is 0.941. The van der Waals surface area contributed by atoms with Crippen LogP contribution in [-0.4, -0.2) is 34.3 Å². The van der Waals surface area contributed by atoms with E-state index in [1.807, 2.05) is 11.7 Å². The predicted molar refractivity (Wildman–Crippen MR) is 89.8 cm³/mol. The summed E-state index contributed by atoms with van der Waals surface area (Å²) in [6, 6.07) is 9.55. The molecule has 4 nitrogen and oxygen atoms in total. The van der Waals surface area contributed by atoms with Crippen molar-refractivity contribution < 1.29 is 0 Å². The van der Waals surface area contributed by atoms with Crippen molar-refractivity contribution in [2.24, 2.45) is 7.05 Å². The molecule has 2 heterocycles. The van der Waals surface area contributed by atoms with Gasteiger partial charge in [0.25, 0.3) is 0 Å². The molecular formula is C18H26N4. The highest BCUT2D eigenvalue weighted by atomic mass is 15.3. The fourth-order valence-corrected chi connectivity index (χ4v) is 3.26. The lowest BCUT2D eigenvalue weighted by Crippen LogP contribution is -2.45. The molecule has 0 spiro atoms. The first-order chi connectivity index (χ1) is 10.7. The van der Waals surface area contributed by atoms with E-state index in [4.69, 9.17) is 0 Å². The Hall–Kier alpha value is -1.65. The van der Waals surface area contributed by atoms with Crippen LogP contribution in [0.25, 0.3) is 0 Å². The van der Waals surface area contributed by atoms with Gasteiger partial charge in [-0.05, 0) is 24.5 Å². The minimum atomic E-state index is 0.444. The van der Waals surface area contributed by atoms with E-state index in [0.717, 1.165) is 38.3 Å². The topological polar surface area (TPSA) is 33.1 Å². The molecule has 1 aliphatic heterocycles. The number of hydrogen-bond acceptors (Lipinski definition) is 3. The van der Waals surface area contributed by atoms with Crippen molar-refractivity contribution in [2.45, 2.75) is 32.9 Å². The van der Waals surface area contributed by atoms with E-state index in [2.05, 4.69) is 59.6 Å². The molecule has 1 aromatic carbocycles. The summed E-state index contributed by atoms with van der Waals surface area (Å²) < 4.78 is 1.91. The Morgan fingerprint density at radius 3 is 2.68 bits per heavy atom. The molecule has 1 saturated heterocycles. The number of hydrogen-bond donors (Lipinski definition) is 1. The van der Waals surface area contributed by atoms with Gasteiger partial charge in [-0.25, -0.2) is 0 Å². The Balaban J connectivity index is 1.79. The van der Waals surface area contributed by atoms with Gasteiger partial charge in [0.05, 0.1) is 5.69 Å². The summed E-state index contributed by atoms with van der Waals surface area (Å²) in [5, 5.41) is 8.01. The highest BCUT2D eigenvalue weighted by molar-refractivity contribution is 5.26. The zero-order valence-corrected chi connectivity index (χ0v) is 13.8. The lowest BCUT2D eigenvalue weighted by Gasteiger charge is -2.36. The first-order valence-electron chi connectivity index (χ1n) is 8.20. The van der Waals surface area contributed by atoms with Crippen molar-refractivity contribution in [3.8, 4) is 0 Å². The minimum absolute atomic E-state index is 0.444. The van der Waals surface area contributed by atoms with E-state index in [0.29, 0.717) is 6.04 Å². The van der Waals surface area contributed by atoms with Gasteiger partial charge < -0.3 is 5.32 Å². The van der Waals surface area contributed by atoms with Crippen LogP contribution in [-0.2, 0) is 20.0 Å². The number of piperazine rings is 1. The van der Waals surface area contributed by atoms with Crippen LogP contribution in [0.15, 0.2) is 30.5 Å². The van der Waals surface area contributed by atoms with Crippen molar-refractivity contribution in [3.05, 3.63) is 52.8 Å². The fourth-order valence-electron chi connectivity index (χ4n) is 3.26. The Morgan fingerprint density at radius 1 is 1.27 bits per heavy atom. The first kappa shape index (κ1) is 15.3. The molecule has 0 amide bonds.